The van der Waals surface area contributed by atoms with E-state index in [-0.39, 0.29) is 5.91 Å². The Morgan fingerprint density at radius 2 is 1.68 bits per heavy atom. The summed E-state index contributed by atoms with van der Waals surface area (Å²) >= 11 is 0. The number of nitrogens with zero attached hydrogens (tertiary/aromatic N) is 4. The van der Waals surface area contributed by atoms with Crippen molar-refractivity contribution in [2.45, 2.75) is 19.9 Å². The minimum Gasteiger partial charge on any atom is -0.312 e. The van der Waals surface area contributed by atoms with Crippen LogP contribution in [0.4, 0.5) is 5.69 Å². The largest absolute Gasteiger partial charge is 0.312 e. The van der Waals surface area contributed by atoms with Crippen molar-refractivity contribution in [1.82, 2.24) is 9.80 Å². The lowest BCUT2D eigenvalue weighted by atomic mass is 10.1. The summed E-state index contributed by atoms with van der Waals surface area (Å²) < 4.78 is 0. The molecule has 0 spiro atoms. The summed E-state index contributed by atoms with van der Waals surface area (Å²) in [5.41, 5.74) is 2.89. The van der Waals surface area contributed by atoms with Crippen LogP contribution in [0, 0.1) is 11.3 Å². The monoisotopic (exact) mass is 376 g/mol. The number of hydrogen-bond acceptors (Lipinski definition) is 4. The normalized spacial score (nSPS) is 15.6. The molecule has 1 fully saturated rings. The molecule has 0 saturated carbocycles. The van der Waals surface area contributed by atoms with Crippen molar-refractivity contribution >= 4 is 11.6 Å². The van der Waals surface area contributed by atoms with Gasteiger partial charge < -0.3 is 4.90 Å². The summed E-state index contributed by atoms with van der Waals surface area (Å²) in [5, 5.41) is 8.92. The molecule has 1 aliphatic heterocycles. The van der Waals surface area contributed by atoms with Gasteiger partial charge in [-0.15, -0.1) is 0 Å². The van der Waals surface area contributed by atoms with Crippen molar-refractivity contribution in [2.24, 2.45) is 0 Å². The van der Waals surface area contributed by atoms with Crippen molar-refractivity contribution in [3.05, 3.63) is 65.7 Å². The molecule has 5 heteroatoms. The molecule has 2 aromatic carbocycles. The van der Waals surface area contributed by atoms with Gasteiger partial charge in [0.2, 0.25) is 5.91 Å². The highest BCUT2D eigenvalue weighted by Crippen LogP contribution is 2.15. The molecule has 28 heavy (non-hydrogen) atoms. The molecule has 2 aromatic rings. The SMILES string of the molecule is CCN(C(=O)CN1CCCN(Cc2ccc(C#N)cc2)CC1)c1ccccc1. The number of amides is 1. The Morgan fingerprint density at radius 3 is 2.36 bits per heavy atom. The molecule has 1 amide bonds. The molecule has 0 aliphatic carbocycles. The van der Waals surface area contributed by atoms with Gasteiger partial charge in [0.15, 0.2) is 0 Å². The fourth-order valence-corrected chi connectivity index (χ4v) is 3.67. The summed E-state index contributed by atoms with van der Waals surface area (Å²) in [6.07, 6.45) is 1.06. The molecular weight excluding hydrogens is 348 g/mol. The van der Waals surface area contributed by atoms with E-state index in [0.717, 1.165) is 44.8 Å². The first kappa shape index (κ1) is 20.1. The number of likely N-dealkylation sites (N-methyl/N-ethyl adjacent to an activating group) is 1. The van der Waals surface area contributed by atoms with E-state index in [0.29, 0.717) is 18.7 Å². The molecule has 5 nitrogen and oxygen atoms in total. The van der Waals surface area contributed by atoms with E-state index >= 15 is 0 Å². The minimum atomic E-state index is 0.161. The number of carbonyl (C=O) groups excluding carboxylic acids is 1. The Balaban J connectivity index is 1.53. The van der Waals surface area contributed by atoms with Gasteiger partial charge in [0.25, 0.3) is 0 Å². The van der Waals surface area contributed by atoms with E-state index in [2.05, 4.69) is 15.9 Å². The maximum atomic E-state index is 12.8. The number of rotatable bonds is 6. The summed E-state index contributed by atoms with van der Waals surface area (Å²) in [6.45, 7) is 7.88. The van der Waals surface area contributed by atoms with Gasteiger partial charge in [0, 0.05) is 31.9 Å². The number of carbonyl (C=O) groups is 1. The molecule has 0 radical (unpaired) electrons. The van der Waals surface area contributed by atoms with Crippen molar-refractivity contribution in [2.75, 3.05) is 44.2 Å². The average Bonchev–Trinajstić information content (AvgIpc) is 2.95. The third-order valence-corrected chi connectivity index (χ3v) is 5.21. The van der Waals surface area contributed by atoms with E-state index in [4.69, 9.17) is 5.26 Å². The van der Waals surface area contributed by atoms with Gasteiger partial charge in [-0.05, 0) is 56.3 Å². The smallest absolute Gasteiger partial charge is 0.241 e. The second kappa shape index (κ2) is 10.0. The van der Waals surface area contributed by atoms with Crippen LogP contribution in [0.1, 0.15) is 24.5 Å². The van der Waals surface area contributed by atoms with Crippen molar-refractivity contribution in [3.63, 3.8) is 0 Å². The van der Waals surface area contributed by atoms with Crippen LogP contribution in [0.15, 0.2) is 54.6 Å². The first-order valence-electron chi connectivity index (χ1n) is 9.98. The van der Waals surface area contributed by atoms with E-state index < -0.39 is 0 Å². The summed E-state index contributed by atoms with van der Waals surface area (Å²) in [7, 11) is 0. The Labute approximate surface area is 167 Å². The highest BCUT2D eigenvalue weighted by Gasteiger charge is 2.20. The second-order valence-electron chi connectivity index (χ2n) is 7.19. The molecule has 0 bridgehead atoms. The van der Waals surface area contributed by atoms with Crippen molar-refractivity contribution < 1.29 is 4.79 Å². The summed E-state index contributed by atoms with van der Waals surface area (Å²) in [5.74, 6) is 0.161. The van der Waals surface area contributed by atoms with Gasteiger partial charge in [-0.3, -0.25) is 14.6 Å². The zero-order valence-corrected chi connectivity index (χ0v) is 16.6. The molecule has 3 rings (SSSR count). The minimum absolute atomic E-state index is 0.161. The number of hydrogen-bond donors (Lipinski definition) is 0. The van der Waals surface area contributed by atoms with Crippen molar-refractivity contribution in [3.8, 4) is 6.07 Å². The van der Waals surface area contributed by atoms with Crippen LogP contribution in [0.25, 0.3) is 0 Å². The van der Waals surface area contributed by atoms with Crippen LogP contribution in [-0.2, 0) is 11.3 Å². The first-order chi connectivity index (χ1) is 13.7. The lowest BCUT2D eigenvalue weighted by molar-refractivity contribution is -0.119. The predicted molar refractivity (Wildman–Crippen MR) is 112 cm³/mol. The maximum Gasteiger partial charge on any atom is 0.241 e. The molecule has 1 aliphatic rings. The third kappa shape index (κ3) is 5.41. The molecular formula is C23H28N4O. The van der Waals surface area contributed by atoms with Crippen LogP contribution in [0.5, 0.6) is 0 Å². The molecule has 0 N–H and O–H groups in total. The van der Waals surface area contributed by atoms with Crippen LogP contribution in [0.3, 0.4) is 0 Å². The Hall–Kier alpha value is -2.68. The van der Waals surface area contributed by atoms with Crippen LogP contribution in [0.2, 0.25) is 0 Å². The van der Waals surface area contributed by atoms with Crippen LogP contribution < -0.4 is 4.90 Å². The van der Waals surface area contributed by atoms with Gasteiger partial charge in [-0.25, -0.2) is 0 Å². The second-order valence-corrected chi connectivity index (χ2v) is 7.19. The third-order valence-electron chi connectivity index (χ3n) is 5.21. The van der Waals surface area contributed by atoms with Gasteiger partial charge in [-0.1, -0.05) is 30.3 Å². The molecule has 0 unspecified atom stereocenters. The lowest BCUT2D eigenvalue weighted by Crippen LogP contribution is -2.41. The number of anilines is 1. The topological polar surface area (TPSA) is 50.6 Å². The van der Waals surface area contributed by atoms with Crippen LogP contribution in [-0.4, -0.2) is 55.0 Å². The zero-order valence-electron chi connectivity index (χ0n) is 16.6. The van der Waals surface area contributed by atoms with E-state index in [9.17, 15) is 4.79 Å². The van der Waals surface area contributed by atoms with E-state index in [1.807, 2.05) is 66.4 Å². The number of para-hydroxylation sites is 1. The molecule has 1 saturated heterocycles. The maximum absolute atomic E-state index is 12.8. The fraction of sp³-hybridized carbons (Fsp3) is 0.391. The molecule has 0 aromatic heterocycles. The van der Waals surface area contributed by atoms with Crippen LogP contribution >= 0.6 is 0 Å². The standard InChI is InChI=1S/C23H28N4O/c1-2-27(22-7-4-3-5-8-22)23(28)19-26-14-6-13-25(15-16-26)18-21-11-9-20(17-24)10-12-21/h3-5,7-12H,2,6,13-16,18-19H2,1H3. The summed E-state index contributed by atoms with van der Waals surface area (Å²) in [6, 6.07) is 19.9. The fourth-order valence-electron chi connectivity index (χ4n) is 3.67. The first-order valence-corrected chi connectivity index (χ1v) is 9.98. The highest BCUT2D eigenvalue weighted by molar-refractivity contribution is 5.94. The quantitative estimate of drug-likeness (QED) is 0.777. The molecule has 146 valence electrons. The number of nitriles is 1. The van der Waals surface area contributed by atoms with Crippen molar-refractivity contribution in [1.29, 1.82) is 5.26 Å². The van der Waals surface area contributed by atoms with Gasteiger partial charge in [-0.2, -0.15) is 5.26 Å². The Bertz CT molecular complexity index is 798. The molecule has 1 heterocycles. The summed E-state index contributed by atoms with van der Waals surface area (Å²) in [4.78, 5) is 19.4. The van der Waals surface area contributed by atoms with E-state index in [1.54, 1.807) is 0 Å². The number of benzene rings is 2. The lowest BCUT2D eigenvalue weighted by Gasteiger charge is -2.26. The van der Waals surface area contributed by atoms with E-state index in [1.165, 1.54) is 5.56 Å². The predicted octanol–water partition coefficient (Wildman–Crippen LogP) is 3.12. The average molecular weight is 377 g/mol. The Kier molecular flexibility index (Phi) is 7.18. The Morgan fingerprint density at radius 1 is 1.00 bits per heavy atom. The van der Waals surface area contributed by atoms with Gasteiger partial charge >= 0.3 is 0 Å². The molecule has 0 atom stereocenters. The van der Waals surface area contributed by atoms with Gasteiger partial charge in [0.1, 0.15) is 0 Å². The zero-order chi connectivity index (χ0) is 19.8. The highest BCUT2D eigenvalue weighted by atomic mass is 16.2. The van der Waals surface area contributed by atoms with Gasteiger partial charge in [0.05, 0.1) is 18.2 Å².